The molecule has 0 aliphatic rings. The van der Waals surface area contributed by atoms with E-state index in [1.807, 2.05) is 19.1 Å². The summed E-state index contributed by atoms with van der Waals surface area (Å²) < 4.78 is 13.0. The van der Waals surface area contributed by atoms with Crippen molar-refractivity contribution in [2.45, 2.75) is 13.3 Å². The van der Waals surface area contributed by atoms with Gasteiger partial charge in [0.15, 0.2) is 0 Å². The quantitative estimate of drug-likeness (QED) is 0.893. The fourth-order valence-corrected chi connectivity index (χ4v) is 2.79. The van der Waals surface area contributed by atoms with Crippen molar-refractivity contribution < 1.29 is 9.18 Å². The average molecular weight is 249 g/mol. The van der Waals surface area contributed by atoms with Gasteiger partial charge in [-0.2, -0.15) is 0 Å². The van der Waals surface area contributed by atoms with E-state index in [0.29, 0.717) is 11.3 Å². The third kappa shape index (κ3) is 2.71. The predicted molar refractivity (Wildman–Crippen MR) is 66.8 cm³/mol. The van der Waals surface area contributed by atoms with Gasteiger partial charge in [0.2, 0.25) is 0 Å². The molecule has 1 heterocycles. The molecule has 0 fully saturated rings. The van der Waals surface area contributed by atoms with Gasteiger partial charge in [-0.25, -0.2) is 4.39 Å². The molecule has 0 aliphatic carbocycles. The van der Waals surface area contributed by atoms with E-state index in [-0.39, 0.29) is 5.82 Å². The number of aryl methyl sites for hydroxylation is 1. The maximum Gasteiger partial charge on any atom is 0.259 e. The van der Waals surface area contributed by atoms with Gasteiger partial charge >= 0.3 is 0 Å². The Morgan fingerprint density at radius 1 is 1.41 bits per heavy atom. The molecule has 1 aromatic carbocycles. The second-order valence-corrected chi connectivity index (χ2v) is 5.03. The summed E-state index contributed by atoms with van der Waals surface area (Å²) in [5, 5.41) is 0. The zero-order valence-electron chi connectivity index (χ0n) is 9.37. The zero-order chi connectivity index (χ0) is 12.4. The third-order valence-corrected chi connectivity index (χ3v) is 3.71. The van der Waals surface area contributed by atoms with Gasteiger partial charge in [-0.3, -0.25) is 4.79 Å². The molecule has 2 N–H and O–H groups in total. The molecule has 2 aromatic rings. The van der Waals surface area contributed by atoms with Crippen LogP contribution in [-0.2, 0) is 6.42 Å². The van der Waals surface area contributed by atoms with Crippen LogP contribution < -0.4 is 5.73 Å². The van der Waals surface area contributed by atoms with Crippen LogP contribution in [0.1, 0.15) is 25.7 Å². The third-order valence-electron chi connectivity index (χ3n) is 2.46. The van der Waals surface area contributed by atoms with Crippen LogP contribution in [0.15, 0.2) is 30.3 Å². The van der Waals surface area contributed by atoms with E-state index in [1.54, 1.807) is 6.07 Å². The fourth-order valence-electron chi connectivity index (χ4n) is 1.73. The van der Waals surface area contributed by atoms with Gasteiger partial charge < -0.3 is 5.73 Å². The van der Waals surface area contributed by atoms with Crippen molar-refractivity contribution in [2.75, 3.05) is 0 Å². The van der Waals surface area contributed by atoms with E-state index in [0.717, 1.165) is 16.0 Å². The van der Waals surface area contributed by atoms with E-state index in [1.165, 1.54) is 23.5 Å². The lowest BCUT2D eigenvalue weighted by Crippen LogP contribution is -2.09. The highest BCUT2D eigenvalue weighted by molar-refractivity contribution is 7.14. The number of hydrogen-bond donors (Lipinski definition) is 1. The number of rotatable bonds is 3. The molecule has 88 valence electrons. The molecule has 4 heteroatoms. The molecule has 0 bridgehead atoms. The molecule has 0 saturated carbocycles. The molecule has 2 rings (SSSR count). The predicted octanol–water partition coefficient (Wildman–Crippen LogP) is 2.89. The van der Waals surface area contributed by atoms with Crippen molar-refractivity contribution in [1.82, 2.24) is 0 Å². The second kappa shape index (κ2) is 4.67. The molecule has 0 spiro atoms. The highest BCUT2D eigenvalue weighted by atomic mass is 32.1. The summed E-state index contributed by atoms with van der Waals surface area (Å²) >= 11 is 1.37. The van der Waals surface area contributed by atoms with Crippen LogP contribution >= 0.6 is 11.3 Å². The summed E-state index contributed by atoms with van der Waals surface area (Å²) in [6.45, 7) is 1.85. The minimum absolute atomic E-state index is 0.245. The molecule has 17 heavy (non-hydrogen) atoms. The van der Waals surface area contributed by atoms with Gasteiger partial charge in [0.05, 0.1) is 4.88 Å². The van der Waals surface area contributed by atoms with E-state index in [4.69, 9.17) is 5.73 Å². The number of halogens is 1. The summed E-state index contributed by atoms with van der Waals surface area (Å²) in [5.74, 6) is -0.649. The normalized spacial score (nSPS) is 10.5. The van der Waals surface area contributed by atoms with Crippen LogP contribution in [0.4, 0.5) is 4.39 Å². The van der Waals surface area contributed by atoms with Crippen molar-refractivity contribution in [1.29, 1.82) is 0 Å². The Morgan fingerprint density at radius 3 is 2.76 bits per heavy atom. The summed E-state index contributed by atoms with van der Waals surface area (Å²) in [7, 11) is 0. The largest absolute Gasteiger partial charge is 0.365 e. The molecule has 2 nitrogen and oxygen atoms in total. The second-order valence-electron chi connectivity index (χ2n) is 3.90. The SMILES string of the molecule is Cc1cc(Cc2cccc(F)c2)sc1C(N)=O. The number of carbonyl (C=O) groups is 1. The smallest absolute Gasteiger partial charge is 0.259 e. The summed E-state index contributed by atoms with van der Waals surface area (Å²) in [5.41, 5.74) is 7.03. The van der Waals surface area contributed by atoms with Crippen LogP contribution in [0.25, 0.3) is 0 Å². The Labute approximate surface area is 103 Å². The van der Waals surface area contributed by atoms with Crippen molar-refractivity contribution in [3.05, 3.63) is 57.0 Å². The number of hydrogen-bond acceptors (Lipinski definition) is 2. The van der Waals surface area contributed by atoms with Gasteiger partial charge in [0.1, 0.15) is 5.82 Å². The monoisotopic (exact) mass is 249 g/mol. The van der Waals surface area contributed by atoms with E-state index in [2.05, 4.69) is 0 Å². The summed E-state index contributed by atoms with van der Waals surface area (Å²) in [6.07, 6.45) is 0.622. The highest BCUT2D eigenvalue weighted by Crippen LogP contribution is 2.24. The summed E-state index contributed by atoms with van der Waals surface area (Å²) in [6, 6.07) is 8.38. The zero-order valence-corrected chi connectivity index (χ0v) is 10.2. The van der Waals surface area contributed by atoms with Gasteiger partial charge in [-0.05, 0) is 36.2 Å². The van der Waals surface area contributed by atoms with Crippen LogP contribution in [0.3, 0.4) is 0 Å². The molecule has 0 saturated heterocycles. The van der Waals surface area contributed by atoms with Gasteiger partial charge in [-0.15, -0.1) is 11.3 Å². The van der Waals surface area contributed by atoms with Crippen molar-refractivity contribution in [2.24, 2.45) is 5.73 Å². The Kier molecular flexibility index (Phi) is 3.24. The Balaban J connectivity index is 2.25. The number of thiophene rings is 1. The van der Waals surface area contributed by atoms with Crippen molar-refractivity contribution >= 4 is 17.2 Å². The lowest BCUT2D eigenvalue weighted by Gasteiger charge is -1.98. The van der Waals surface area contributed by atoms with E-state index >= 15 is 0 Å². The molecule has 0 unspecified atom stereocenters. The molecule has 1 aromatic heterocycles. The highest BCUT2D eigenvalue weighted by Gasteiger charge is 2.10. The van der Waals surface area contributed by atoms with Crippen LogP contribution in [0, 0.1) is 12.7 Å². The Hall–Kier alpha value is -1.68. The van der Waals surface area contributed by atoms with E-state index in [9.17, 15) is 9.18 Å². The number of benzene rings is 1. The first-order valence-electron chi connectivity index (χ1n) is 5.20. The molecule has 0 aliphatic heterocycles. The molecular weight excluding hydrogens is 237 g/mol. The topological polar surface area (TPSA) is 43.1 Å². The number of primary amides is 1. The maximum absolute atomic E-state index is 13.0. The molecule has 0 atom stereocenters. The minimum atomic E-state index is -0.405. The fraction of sp³-hybridized carbons (Fsp3) is 0.154. The van der Waals surface area contributed by atoms with Crippen LogP contribution in [0.2, 0.25) is 0 Å². The lowest BCUT2D eigenvalue weighted by atomic mass is 10.1. The van der Waals surface area contributed by atoms with Gasteiger partial charge in [0.25, 0.3) is 5.91 Å². The summed E-state index contributed by atoms with van der Waals surface area (Å²) in [4.78, 5) is 12.7. The van der Waals surface area contributed by atoms with E-state index < -0.39 is 5.91 Å². The first-order chi connectivity index (χ1) is 8.06. The molecule has 0 radical (unpaired) electrons. The van der Waals surface area contributed by atoms with Crippen LogP contribution in [-0.4, -0.2) is 5.91 Å². The molecular formula is C13H12FNOS. The Bertz CT molecular complexity index is 562. The van der Waals surface area contributed by atoms with Gasteiger partial charge in [-0.1, -0.05) is 12.1 Å². The average Bonchev–Trinajstić information content (AvgIpc) is 2.59. The number of nitrogens with two attached hydrogens (primary N) is 1. The number of amides is 1. The van der Waals surface area contributed by atoms with Crippen LogP contribution in [0.5, 0.6) is 0 Å². The first kappa shape index (κ1) is 11.8. The standard InChI is InChI=1S/C13H12FNOS/c1-8-5-11(17-12(8)13(15)16)7-9-3-2-4-10(14)6-9/h2-6H,7H2,1H3,(H2,15,16). The minimum Gasteiger partial charge on any atom is -0.365 e. The first-order valence-corrected chi connectivity index (χ1v) is 6.01. The molecule has 1 amide bonds. The van der Waals surface area contributed by atoms with Gasteiger partial charge in [0, 0.05) is 11.3 Å². The number of carbonyl (C=O) groups excluding carboxylic acids is 1. The Morgan fingerprint density at radius 2 is 2.18 bits per heavy atom. The maximum atomic E-state index is 13.0. The van der Waals surface area contributed by atoms with Crippen molar-refractivity contribution in [3.8, 4) is 0 Å². The lowest BCUT2D eigenvalue weighted by molar-refractivity contribution is 0.100. The van der Waals surface area contributed by atoms with Crippen molar-refractivity contribution in [3.63, 3.8) is 0 Å².